The van der Waals surface area contributed by atoms with Crippen LogP contribution in [0.15, 0.2) is 137 Å². The van der Waals surface area contributed by atoms with Crippen molar-refractivity contribution < 1.29 is 21.1 Å². The molecule has 302 valence electrons. The minimum atomic E-state index is -0.0156. The summed E-state index contributed by atoms with van der Waals surface area (Å²) >= 11 is 1.65. The van der Waals surface area contributed by atoms with Crippen LogP contribution in [0, 0.1) is 40.0 Å². The van der Waals surface area contributed by atoms with E-state index in [0.29, 0.717) is 0 Å². The average Bonchev–Trinajstić information content (AvgIpc) is 3.50. The predicted molar refractivity (Wildman–Crippen MR) is 248 cm³/mol. The third-order valence-corrected chi connectivity index (χ3v) is 11.8. The summed E-state index contributed by atoms with van der Waals surface area (Å²) in [5.41, 5.74) is 14.8. The Bertz CT molecular complexity index is 2800. The molecule has 0 aliphatic heterocycles. The summed E-state index contributed by atoms with van der Waals surface area (Å²) in [5.74, 6) is 0.870. The molecule has 59 heavy (non-hydrogen) atoms. The molecule has 2 aromatic heterocycles. The molecule has 2 heterocycles. The van der Waals surface area contributed by atoms with Gasteiger partial charge in [0, 0.05) is 44.2 Å². The first-order valence-electron chi connectivity index (χ1n) is 20.0. The second kappa shape index (κ2) is 16.5. The van der Waals surface area contributed by atoms with Gasteiger partial charge in [0.05, 0.1) is 5.69 Å². The summed E-state index contributed by atoms with van der Waals surface area (Å²) in [7, 11) is 4.57. The maximum absolute atomic E-state index is 4.94. The molecule has 0 fully saturated rings. The van der Waals surface area contributed by atoms with Crippen molar-refractivity contribution in [3.8, 4) is 16.9 Å². The van der Waals surface area contributed by atoms with E-state index in [0.717, 1.165) is 60.3 Å². The van der Waals surface area contributed by atoms with E-state index in [1.807, 2.05) is 11.1 Å². The van der Waals surface area contributed by atoms with Gasteiger partial charge < -0.3 is 14.8 Å². The van der Waals surface area contributed by atoms with Crippen LogP contribution in [0.3, 0.4) is 0 Å². The van der Waals surface area contributed by atoms with Gasteiger partial charge in [0.15, 0.2) is 0 Å². The second-order valence-electron chi connectivity index (χ2n) is 17.5. The van der Waals surface area contributed by atoms with Gasteiger partial charge in [-0.3, -0.25) is 7.05 Å². The number of para-hydroxylation sites is 1. The SMILES string of the molecule is [CH2-]N(c1[c-]c(Sc2[c-]c3c(cc2)c2ccccc2n3-c2cc(-c3c(C)cc(C)cc3C)ccn2)ccc1)c1ccc(C(C)(C)C)cc1Nc1cccc(C(C)(C)C)c1.[Pt]. The van der Waals surface area contributed by atoms with Crippen molar-refractivity contribution in [3.63, 3.8) is 0 Å². The molecule has 0 bridgehead atoms. The molecule has 0 saturated heterocycles. The van der Waals surface area contributed by atoms with Crippen LogP contribution in [-0.4, -0.2) is 9.55 Å². The Kier molecular flexibility index (Phi) is 11.8. The summed E-state index contributed by atoms with van der Waals surface area (Å²) in [6.07, 6.45) is 1.92. The number of fused-ring (bicyclic) bond motifs is 3. The standard InChI is InChI=1S/C53H51N4S.Pt/c1-34-27-35(2)51(36(3)28-34)37-25-26-54-50(29-37)57-47-20-12-11-19-44(47)45-23-22-43(33-49(45)57)58-42-18-14-17-41(32-42)56(10)48-24-21-39(53(7,8)9)31-46(48)55-40-16-13-15-38(30-40)52(4,5)6;/h11-31,55H,10H2,1-9H3;/q-3;. The molecule has 0 atom stereocenters. The van der Waals surface area contributed by atoms with Crippen molar-refractivity contribution in [3.05, 3.63) is 175 Å². The van der Waals surface area contributed by atoms with E-state index in [1.54, 1.807) is 11.8 Å². The second-order valence-corrected chi connectivity index (χ2v) is 18.6. The van der Waals surface area contributed by atoms with Crippen molar-refractivity contribution in [2.45, 2.75) is 82.9 Å². The summed E-state index contributed by atoms with van der Waals surface area (Å²) in [5, 5.41) is 6.07. The minimum absolute atomic E-state index is 0. The Morgan fingerprint density at radius 3 is 2.12 bits per heavy atom. The third-order valence-electron chi connectivity index (χ3n) is 10.9. The Balaban J connectivity index is 0.00000528. The van der Waals surface area contributed by atoms with E-state index in [1.165, 1.54) is 38.8 Å². The number of anilines is 4. The summed E-state index contributed by atoms with van der Waals surface area (Å²) in [6.45, 7) is 20.0. The first-order valence-corrected chi connectivity index (χ1v) is 20.8. The zero-order valence-corrected chi connectivity index (χ0v) is 38.5. The summed E-state index contributed by atoms with van der Waals surface area (Å²) in [6, 6.07) is 50.8. The molecule has 0 aliphatic rings. The van der Waals surface area contributed by atoms with Gasteiger partial charge >= 0.3 is 0 Å². The van der Waals surface area contributed by atoms with Crippen LogP contribution < -0.4 is 10.2 Å². The molecular formula is C53H51N4PtS-3. The van der Waals surface area contributed by atoms with Crippen molar-refractivity contribution in [1.82, 2.24) is 9.55 Å². The van der Waals surface area contributed by atoms with Crippen molar-refractivity contribution in [2.75, 3.05) is 10.2 Å². The van der Waals surface area contributed by atoms with Gasteiger partial charge in [-0.05, 0) is 113 Å². The molecule has 0 unspecified atom stereocenters. The number of aromatic nitrogens is 2. The van der Waals surface area contributed by atoms with Crippen molar-refractivity contribution in [2.24, 2.45) is 0 Å². The number of nitrogens with one attached hydrogen (secondary N) is 1. The Morgan fingerprint density at radius 1 is 0.678 bits per heavy atom. The molecule has 6 heteroatoms. The van der Waals surface area contributed by atoms with Gasteiger partial charge in [0.2, 0.25) is 0 Å². The first kappa shape index (κ1) is 42.0. The molecule has 0 aliphatic carbocycles. The topological polar surface area (TPSA) is 33.1 Å². The molecule has 0 amide bonds. The van der Waals surface area contributed by atoms with Crippen LogP contribution in [-0.2, 0) is 31.9 Å². The van der Waals surface area contributed by atoms with E-state index in [2.05, 4.69) is 213 Å². The molecule has 1 N–H and O–H groups in total. The molecule has 0 saturated carbocycles. The number of aryl methyl sites for hydroxylation is 3. The molecule has 8 aromatic rings. The normalized spacial score (nSPS) is 11.8. The monoisotopic (exact) mass is 970 g/mol. The van der Waals surface area contributed by atoms with Crippen molar-refractivity contribution >= 4 is 56.3 Å². The zero-order valence-electron chi connectivity index (χ0n) is 35.4. The Hall–Kier alpha value is -5.09. The number of benzene rings is 6. The fourth-order valence-corrected chi connectivity index (χ4v) is 8.78. The first-order chi connectivity index (χ1) is 27.6. The minimum Gasteiger partial charge on any atom is -0.516 e. The Morgan fingerprint density at radius 2 is 1.37 bits per heavy atom. The van der Waals surface area contributed by atoms with E-state index in [4.69, 9.17) is 4.98 Å². The number of hydrogen-bond donors (Lipinski definition) is 1. The smallest absolute Gasteiger partial charge is 0.136 e. The summed E-state index contributed by atoms with van der Waals surface area (Å²) < 4.78 is 2.25. The van der Waals surface area contributed by atoms with E-state index in [-0.39, 0.29) is 31.9 Å². The summed E-state index contributed by atoms with van der Waals surface area (Å²) in [4.78, 5) is 8.89. The number of rotatable bonds is 8. The quantitative estimate of drug-likeness (QED) is 0.154. The van der Waals surface area contributed by atoms with Crippen LogP contribution in [0.5, 0.6) is 0 Å². The zero-order chi connectivity index (χ0) is 40.9. The van der Waals surface area contributed by atoms with Gasteiger partial charge in [-0.15, -0.1) is 44.8 Å². The molecule has 0 radical (unpaired) electrons. The molecular weight excluding hydrogens is 920 g/mol. The number of nitrogens with zero attached hydrogens (tertiary/aromatic N) is 3. The maximum Gasteiger partial charge on any atom is 0.136 e. The number of hydrogen-bond acceptors (Lipinski definition) is 4. The fourth-order valence-electron chi connectivity index (χ4n) is 7.96. The van der Waals surface area contributed by atoms with Crippen molar-refractivity contribution in [1.29, 1.82) is 0 Å². The third kappa shape index (κ3) is 8.65. The molecule has 4 nitrogen and oxygen atoms in total. The van der Waals surface area contributed by atoms with Crippen LogP contribution >= 0.6 is 11.8 Å². The van der Waals surface area contributed by atoms with Gasteiger partial charge in [-0.1, -0.05) is 101 Å². The number of pyridine rings is 1. The predicted octanol–water partition coefficient (Wildman–Crippen LogP) is 14.8. The Labute approximate surface area is 369 Å². The van der Waals surface area contributed by atoms with Crippen LogP contribution in [0.1, 0.15) is 69.4 Å². The molecule has 6 aromatic carbocycles. The van der Waals surface area contributed by atoms with Gasteiger partial charge in [0.1, 0.15) is 5.82 Å². The fraction of sp³-hybridized carbons (Fsp3) is 0.208. The maximum atomic E-state index is 4.94. The van der Waals surface area contributed by atoms with E-state index in [9.17, 15) is 0 Å². The van der Waals surface area contributed by atoms with Crippen LogP contribution in [0.25, 0.3) is 38.8 Å². The van der Waals surface area contributed by atoms with Crippen LogP contribution in [0.4, 0.5) is 22.7 Å². The average molecular weight is 971 g/mol. The van der Waals surface area contributed by atoms with E-state index >= 15 is 0 Å². The van der Waals surface area contributed by atoms with Crippen LogP contribution in [0.2, 0.25) is 0 Å². The van der Waals surface area contributed by atoms with E-state index < -0.39 is 0 Å². The molecule has 8 rings (SSSR count). The largest absolute Gasteiger partial charge is 0.516 e. The van der Waals surface area contributed by atoms with Gasteiger partial charge in [-0.2, -0.15) is 30.3 Å². The van der Waals surface area contributed by atoms with Gasteiger partial charge in [0.25, 0.3) is 0 Å². The molecule has 0 spiro atoms. The van der Waals surface area contributed by atoms with Gasteiger partial charge in [-0.25, -0.2) is 4.98 Å².